The van der Waals surface area contributed by atoms with Gasteiger partial charge >= 0.3 is 0 Å². The molecule has 1 heterocycles. The van der Waals surface area contributed by atoms with Gasteiger partial charge in [-0.2, -0.15) is 0 Å². The molecule has 2 rings (SSSR count). The number of thiocarbonyl (C=S) groups is 1. The third-order valence-electron chi connectivity index (χ3n) is 3.47. The molecule has 4 heteroatoms. The van der Waals surface area contributed by atoms with E-state index >= 15 is 0 Å². The SMILES string of the molecule is COC1CCCN(c2cc(C)ccc2C(N)=S)C1. The van der Waals surface area contributed by atoms with E-state index in [1.165, 1.54) is 5.56 Å². The summed E-state index contributed by atoms with van der Waals surface area (Å²) in [4.78, 5) is 2.80. The largest absolute Gasteiger partial charge is 0.389 e. The summed E-state index contributed by atoms with van der Waals surface area (Å²) in [7, 11) is 1.78. The lowest BCUT2D eigenvalue weighted by Gasteiger charge is -2.35. The standard InChI is InChI=1S/C14H20N2OS/c1-10-5-6-12(14(15)18)13(8-10)16-7-3-4-11(9-16)17-2/h5-6,8,11H,3-4,7,9H2,1-2H3,(H2,15,18). The molecule has 1 fully saturated rings. The summed E-state index contributed by atoms with van der Waals surface area (Å²) in [6.45, 7) is 4.04. The first-order valence-electron chi connectivity index (χ1n) is 6.30. The number of nitrogens with zero attached hydrogens (tertiary/aromatic N) is 1. The minimum atomic E-state index is 0.304. The zero-order chi connectivity index (χ0) is 13.1. The smallest absolute Gasteiger partial charge is 0.106 e. The third kappa shape index (κ3) is 2.82. The number of methoxy groups -OCH3 is 1. The van der Waals surface area contributed by atoms with Gasteiger partial charge in [-0.15, -0.1) is 0 Å². The van der Waals surface area contributed by atoms with Crippen molar-refractivity contribution in [1.82, 2.24) is 0 Å². The van der Waals surface area contributed by atoms with E-state index in [9.17, 15) is 0 Å². The fraction of sp³-hybridized carbons (Fsp3) is 0.500. The van der Waals surface area contributed by atoms with Crippen molar-refractivity contribution in [2.45, 2.75) is 25.9 Å². The van der Waals surface area contributed by atoms with Crippen molar-refractivity contribution in [3.63, 3.8) is 0 Å². The van der Waals surface area contributed by atoms with Gasteiger partial charge in [-0.3, -0.25) is 0 Å². The molecule has 98 valence electrons. The Bertz CT molecular complexity index is 447. The van der Waals surface area contributed by atoms with E-state index in [4.69, 9.17) is 22.7 Å². The second-order valence-electron chi connectivity index (χ2n) is 4.83. The van der Waals surface area contributed by atoms with Crippen LogP contribution in [0.25, 0.3) is 0 Å². The monoisotopic (exact) mass is 264 g/mol. The molecule has 0 aliphatic carbocycles. The minimum absolute atomic E-state index is 0.304. The number of piperidine rings is 1. The number of ether oxygens (including phenoxy) is 1. The lowest BCUT2D eigenvalue weighted by atomic mass is 10.0. The Morgan fingerprint density at radius 3 is 2.94 bits per heavy atom. The van der Waals surface area contributed by atoms with Crippen LogP contribution in [0, 0.1) is 6.92 Å². The summed E-state index contributed by atoms with van der Waals surface area (Å²) in [6, 6.07) is 6.23. The normalized spacial score (nSPS) is 19.9. The van der Waals surface area contributed by atoms with Gasteiger partial charge in [0.05, 0.1) is 6.10 Å². The highest BCUT2D eigenvalue weighted by Crippen LogP contribution is 2.26. The Kier molecular flexibility index (Phi) is 4.19. The first-order chi connectivity index (χ1) is 8.61. The maximum atomic E-state index is 5.81. The molecule has 0 aromatic heterocycles. The van der Waals surface area contributed by atoms with Gasteiger partial charge in [0.1, 0.15) is 4.99 Å². The molecular weight excluding hydrogens is 244 g/mol. The molecule has 0 saturated carbocycles. The maximum absolute atomic E-state index is 5.81. The highest BCUT2D eigenvalue weighted by Gasteiger charge is 2.22. The molecule has 1 atom stereocenters. The number of benzene rings is 1. The van der Waals surface area contributed by atoms with Crippen molar-refractivity contribution >= 4 is 22.9 Å². The van der Waals surface area contributed by atoms with Crippen LogP contribution in [0.5, 0.6) is 0 Å². The summed E-state index contributed by atoms with van der Waals surface area (Å²) in [5.74, 6) is 0. The molecule has 2 N–H and O–H groups in total. The number of aryl methyl sites for hydroxylation is 1. The van der Waals surface area contributed by atoms with Crippen LogP contribution in [0.4, 0.5) is 5.69 Å². The highest BCUT2D eigenvalue weighted by atomic mass is 32.1. The second-order valence-corrected chi connectivity index (χ2v) is 5.27. The quantitative estimate of drug-likeness (QED) is 0.850. The molecule has 18 heavy (non-hydrogen) atoms. The lowest BCUT2D eigenvalue weighted by Crippen LogP contribution is -2.40. The van der Waals surface area contributed by atoms with Crippen molar-refractivity contribution in [3.8, 4) is 0 Å². The van der Waals surface area contributed by atoms with Gasteiger partial charge in [-0.25, -0.2) is 0 Å². The molecule has 1 aliphatic rings. The fourth-order valence-electron chi connectivity index (χ4n) is 2.46. The van der Waals surface area contributed by atoms with Crippen LogP contribution in [0.2, 0.25) is 0 Å². The molecule has 1 aliphatic heterocycles. The molecule has 0 spiro atoms. The van der Waals surface area contributed by atoms with Crippen molar-refractivity contribution < 1.29 is 4.74 Å². The number of rotatable bonds is 3. The van der Waals surface area contributed by atoms with E-state index < -0.39 is 0 Å². The Hall–Kier alpha value is -1.13. The molecule has 1 aromatic carbocycles. The van der Waals surface area contributed by atoms with Gasteiger partial charge in [-0.05, 0) is 37.5 Å². The first kappa shape index (κ1) is 13.3. The predicted molar refractivity (Wildman–Crippen MR) is 79.3 cm³/mol. The average molecular weight is 264 g/mol. The maximum Gasteiger partial charge on any atom is 0.106 e. The average Bonchev–Trinajstić information content (AvgIpc) is 2.38. The Balaban J connectivity index is 2.31. The zero-order valence-corrected chi connectivity index (χ0v) is 11.8. The van der Waals surface area contributed by atoms with Gasteiger partial charge < -0.3 is 15.4 Å². The number of nitrogens with two attached hydrogens (primary N) is 1. The summed E-state index contributed by atoms with van der Waals surface area (Å²) < 4.78 is 5.47. The highest BCUT2D eigenvalue weighted by molar-refractivity contribution is 7.80. The van der Waals surface area contributed by atoms with Crippen LogP contribution in [-0.2, 0) is 4.74 Å². The van der Waals surface area contributed by atoms with Crippen LogP contribution in [-0.4, -0.2) is 31.3 Å². The van der Waals surface area contributed by atoms with Gasteiger partial charge in [0.2, 0.25) is 0 Å². The van der Waals surface area contributed by atoms with Crippen molar-refractivity contribution in [2.75, 3.05) is 25.1 Å². The van der Waals surface area contributed by atoms with Crippen LogP contribution in [0.15, 0.2) is 18.2 Å². The summed E-state index contributed by atoms with van der Waals surface area (Å²) >= 11 is 5.14. The van der Waals surface area contributed by atoms with Crippen molar-refractivity contribution in [2.24, 2.45) is 5.73 Å². The molecule has 1 unspecified atom stereocenters. The van der Waals surface area contributed by atoms with E-state index in [2.05, 4.69) is 24.0 Å². The van der Waals surface area contributed by atoms with E-state index in [0.717, 1.165) is 37.2 Å². The third-order valence-corrected chi connectivity index (χ3v) is 3.69. The minimum Gasteiger partial charge on any atom is -0.389 e. The Morgan fingerprint density at radius 1 is 1.50 bits per heavy atom. The van der Waals surface area contributed by atoms with Gasteiger partial charge in [0.15, 0.2) is 0 Å². The van der Waals surface area contributed by atoms with E-state index in [1.54, 1.807) is 7.11 Å². The second kappa shape index (κ2) is 5.67. The van der Waals surface area contributed by atoms with E-state index in [0.29, 0.717) is 11.1 Å². The van der Waals surface area contributed by atoms with Crippen LogP contribution >= 0.6 is 12.2 Å². The number of anilines is 1. The number of hydrogen-bond donors (Lipinski definition) is 1. The summed E-state index contributed by atoms with van der Waals surface area (Å²) in [5, 5.41) is 0. The van der Waals surface area contributed by atoms with Gasteiger partial charge in [0, 0.05) is 31.5 Å². The van der Waals surface area contributed by atoms with Crippen LogP contribution in [0.1, 0.15) is 24.0 Å². The molecule has 0 amide bonds. The van der Waals surface area contributed by atoms with Gasteiger partial charge in [-0.1, -0.05) is 18.3 Å². The zero-order valence-electron chi connectivity index (χ0n) is 11.0. The van der Waals surface area contributed by atoms with Gasteiger partial charge in [0.25, 0.3) is 0 Å². The lowest BCUT2D eigenvalue weighted by molar-refractivity contribution is 0.0893. The molecular formula is C14H20N2OS. The molecule has 1 aromatic rings. The fourth-order valence-corrected chi connectivity index (χ4v) is 2.63. The van der Waals surface area contributed by atoms with E-state index in [-0.39, 0.29) is 0 Å². The summed E-state index contributed by atoms with van der Waals surface area (Å²) in [6.07, 6.45) is 2.57. The molecule has 0 radical (unpaired) electrons. The Morgan fingerprint density at radius 2 is 2.28 bits per heavy atom. The topological polar surface area (TPSA) is 38.5 Å². The molecule has 3 nitrogen and oxygen atoms in total. The van der Waals surface area contributed by atoms with E-state index in [1.807, 2.05) is 6.07 Å². The number of hydrogen-bond acceptors (Lipinski definition) is 3. The van der Waals surface area contributed by atoms with Crippen LogP contribution in [0.3, 0.4) is 0 Å². The van der Waals surface area contributed by atoms with Crippen LogP contribution < -0.4 is 10.6 Å². The summed E-state index contributed by atoms with van der Waals surface area (Å²) in [5.41, 5.74) is 9.15. The Labute approximate surface area is 114 Å². The molecule has 0 bridgehead atoms. The molecule has 1 saturated heterocycles. The predicted octanol–water partition coefficient (Wildman–Crippen LogP) is 2.24. The van der Waals surface area contributed by atoms with Crippen molar-refractivity contribution in [1.29, 1.82) is 0 Å². The van der Waals surface area contributed by atoms with Crippen molar-refractivity contribution in [3.05, 3.63) is 29.3 Å². The first-order valence-corrected chi connectivity index (χ1v) is 6.71.